The smallest absolute Gasteiger partial charge is 0.223 e. The van der Waals surface area contributed by atoms with Crippen LogP contribution in [0.2, 0.25) is 10.0 Å². The average molecular weight is 459 g/mol. The van der Waals surface area contributed by atoms with Gasteiger partial charge in [-0.2, -0.15) is 0 Å². The van der Waals surface area contributed by atoms with E-state index >= 15 is 0 Å². The van der Waals surface area contributed by atoms with E-state index in [1.54, 1.807) is 0 Å². The van der Waals surface area contributed by atoms with Crippen molar-refractivity contribution in [3.8, 4) is 0 Å². The van der Waals surface area contributed by atoms with E-state index in [0.29, 0.717) is 10.0 Å². The lowest BCUT2D eigenvalue weighted by atomic mass is 9.88. The summed E-state index contributed by atoms with van der Waals surface area (Å²) < 4.78 is 0. The first-order valence-electron chi connectivity index (χ1n) is 11.6. The van der Waals surface area contributed by atoms with Crippen LogP contribution in [0, 0.1) is 5.92 Å². The second kappa shape index (κ2) is 10.4. The Balaban J connectivity index is 1.31. The number of hydrogen-bond donors (Lipinski definition) is 1. The molecular weight excluding hydrogens is 427 g/mol. The topological polar surface area (TPSA) is 32.3 Å². The van der Waals surface area contributed by atoms with Crippen LogP contribution in [0.25, 0.3) is 0 Å². The molecule has 2 aromatic rings. The zero-order valence-electron chi connectivity index (χ0n) is 18.3. The molecule has 0 unspecified atom stereocenters. The van der Waals surface area contributed by atoms with Crippen molar-refractivity contribution in [3.63, 3.8) is 0 Å². The third kappa shape index (κ3) is 5.63. The van der Waals surface area contributed by atoms with Crippen molar-refractivity contribution in [1.82, 2.24) is 10.2 Å². The minimum Gasteiger partial charge on any atom is -0.349 e. The number of amides is 1. The summed E-state index contributed by atoms with van der Waals surface area (Å²) in [5.41, 5.74) is 5.39. The highest BCUT2D eigenvalue weighted by Crippen LogP contribution is 2.28. The van der Waals surface area contributed by atoms with Gasteiger partial charge < -0.3 is 5.32 Å². The summed E-state index contributed by atoms with van der Waals surface area (Å²) in [6.07, 6.45) is 7.65. The Bertz CT molecular complexity index is 922. The highest BCUT2D eigenvalue weighted by molar-refractivity contribution is 6.42. The van der Waals surface area contributed by atoms with Crippen LogP contribution in [-0.2, 0) is 24.2 Å². The van der Waals surface area contributed by atoms with Gasteiger partial charge in [-0.05, 0) is 92.4 Å². The average Bonchev–Trinajstić information content (AvgIpc) is 2.80. The summed E-state index contributed by atoms with van der Waals surface area (Å²) in [7, 11) is 0. The molecule has 1 N–H and O–H groups in total. The summed E-state index contributed by atoms with van der Waals surface area (Å²) in [5.74, 6) is 0.301. The van der Waals surface area contributed by atoms with Crippen molar-refractivity contribution in [2.75, 3.05) is 13.1 Å². The van der Waals surface area contributed by atoms with Crippen molar-refractivity contribution in [3.05, 3.63) is 68.7 Å². The summed E-state index contributed by atoms with van der Waals surface area (Å²) in [6.45, 7) is 4.85. The van der Waals surface area contributed by atoms with Crippen LogP contribution in [0.5, 0.6) is 0 Å². The van der Waals surface area contributed by atoms with Gasteiger partial charge in [-0.15, -0.1) is 0 Å². The molecule has 0 bridgehead atoms. The van der Waals surface area contributed by atoms with Gasteiger partial charge in [0.05, 0.1) is 16.1 Å². The molecule has 1 amide bonds. The van der Waals surface area contributed by atoms with E-state index < -0.39 is 0 Å². The van der Waals surface area contributed by atoms with Gasteiger partial charge in [-0.1, -0.05) is 54.4 Å². The fourth-order valence-corrected chi connectivity index (χ4v) is 5.25. The van der Waals surface area contributed by atoms with Crippen LogP contribution >= 0.6 is 23.2 Å². The van der Waals surface area contributed by atoms with Gasteiger partial charge in [-0.25, -0.2) is 0 Å². The Kier molecular flexibility index (Phi) is 7.58. The van der Waals surface area contributed by atoms with Crippen LogP contribution in [0.1, 0.15) is 67.3 Å². The number of nitrogens with zero attached hydrogens (tertiary/aromatic N) is 1. The maximum Gasteiger partial charge on any atom is 0.223 e. The molecule has 0 saturated carbocycles. The summed E-state index contributed by atoms with van der Waals surface area (Å²) >= 11 is 12.2. The van der Waals surface area contributed by atoms with Gasteiger partial charge in [0.15, 0.2) is 0 Å². The van der Waals surface area contributed by atoms with Gasteiger partial charge in [0, 0.05) is 12.5 Å². The normalized spacial score (nSPS) is 18.4. The number of fused-ring (bicyclic) bond motifs is 1. The molecule has 31 heavy (non-hydrogen) atoms. The lowest BCUT2D eigenvalue weighted by Crippen LogP contribution is -2.41. The van der Waals surface area contributed by atoms with Gasteiger partial charge in [0.2, 0.25) is 5.91 Å². The monoisotopic (exact) mass is 458 g/mol. The highest BCUT2D eigenvalue weighted by atomic mass is 35.5. The quantitative estimate of drug-likeness (QED) is 0.546. The van der Waals surface area contributed by atoms with E-state index in [-0.39, 0.29) is 17.9 Å². The number of nitrogens with one attached hydrogen (secondary N) is 1. The molecule has 3 nitrogen and oxygen atoms in total. The lowest BCUT2D eigenvalue weighted by molar-refractivity contribution is -0.127. The van der Waals surface area contributed by atoms with E-state index in [9.17, 15) is 4.79 Å². The molecule has 1 aliphatic heterocycles. The van der Waals surface area contributed by atoms with Crippen molar-refractivity contribution in [1.29, 1.82) is 0 Å². The zero-order valence-corrected chi connectivity index (χ0v) is 19.8. The Morgan fingerprint density at radius 1 is 1.03 bits per heavy atom. The molecule has 2 aromatic carbocycles. The SMILES string of the molecule is CC[C@@H](NC(=O)C1CCN(Cc2ccc(Cl)c(Cl)c2)CC1)c1ccc2c(c1)CCCC2. The number of carbonyl (C=O) groups is 1. The van der Waals surface area contributed by atoms with Gasteiger partial charge in [0.1, 0.15) is 0 Å². The number of aryl methyl sites for hydroxylation is 2. The Morgan fingerprint density at radius 3 is 2.48 bits per heavy atom. The maximum absolute atomic E-state index is 13.0. The fraction of sp³-hybridized carbons (Fsp3) is 0.500. The van der Waals surface area contributed by atoms with E-state index in [0.717, 1.165) is 44.5 Å². The Labute approximate surface area is 196 Å². The van der Waals surface area contributed by atoms with E-state index in [1.165, 1.54) is 42.4 Å². The summed E-state index contributed by atoms with van der Waals surface area (Å²) in [4.78, 5) is 15.4. The largest absolute Gasteiger partial charge is 0.349 e. The number of benzene rings is 2. The molecule has 0 radical (unpaired) electrons. The third-order valence-electron chi connectivity index (χ3n) is 6.85. The number of rotatable bonds is 6. The number of carbonyl (C=O) groups excluding carboxylic acids is 1. The molecular formula is C26H32Cl2N2O. The molecule has 1 saturated heterocycles. The van der Waals surface area contributed by atoms with Gasteiger partial charge in [0.25, 0.3) is 0 Å². The molecule has 0 spiro atoms. The number of piperidine rings is 1. The Hall–Kier alpha value is -1.55. The molecule has 166 valence electrons. The van der Waals surface area contributed by atoms with E-state index in [2.05, 4.69) is 35.3 Å². The Morgan fingerprint density at radius 2 is 1.77 bits per heavy atom. The fourth-order valence-electron chi connectivity index (χ4n) is 4.93. The molecule has 1 atom stereocenters. The predicted molar refractivity (Wildman–Crippen MR) is 129 cm³/mol. The first-order chi connectivity index (χ1) is 15.0. The molecule has 1 heterocycles. The first kappa shape index (κ1) is 22.6. The number of hydrogen-bond acceptors (Lipinski definition) is 2. The predicted octanol–water partition coefficient (Wildman–Crippen LogP) is 6.35. The second-order valence-electron chi connectivity index (χ2n) is 9.00. The van der Waals surface area contributed by atoms with Crippen molar-refractivity contribution >= 4 is 29.1 Å². The lowest BCUT2D eigenvalue weighted by Gasteiger charge is -2.32. The second-order valence-corrected chi connectivity index (χ2v) is 9.82. The molecule has 1 aliphatic carbocycles. The molecule has 4 rings (SSSR count). The van der Waals surface area contributed by atoms with Crippen LogP contribution in [0.3, 0.4) is 0 Å². The minimum absolute atomic E-state index is 0.0942. The maximum atomic E-state index is 13.0. The third-order valence-corrected chi connectivity index (χ3v) is 7.59. The first-order valence-corrected chi connectivity index (χ1v) is 12.4. The van der Waals surface area contributed by atoms with Gasteiger partial charge >= 0.3 is 0 Å². The molecule has 2 aliphatic rings. The van der Waals surface area contributed by atoms with Crippen LogP contribution in [-0.4, -0.2) is 23.9 Å². The van der Waals surface area contributed by atoms with Crippen LogP contribution in [0.4, 0.5) is 0 Å². The van der Waals surface area contributed by atoms with Crippen LogP contribution in [0.15, 0.2) is 36.4 Å². The molecule has 0 aromatic heterocycles. The van der Waals surface area contributed by atoms with Crippen molar-refractivity contribution in [2.45, 2.75) is 64.5 Å². The van der Waals surface area contributed by atoms with Gasteiger partial charge in [-0.3, -0.25) is 9.69 Å². The van der Waals surface area contributed by atoms with Crippen LogP contribution < -0.4 is 5.32 Å². The van der Waals surface area contributed by atoms with E-state index in [4.69, 9.17) is 23.2 Å². The zero-order chi connectivity index (χ0) is 21.8. The standard InChI is InChI=1S/C26H32Cl2N2O/c1-2-25(22-9-8-19-5-3-4-6-21(19)16-22)29-26(31)20-11-13-30(14-12-20)17-18-7-10-23(27)24(28)15-18/h7-10,15-16,20,25H,2-6,11-14,17H2,1H3,(H,29,31)/t25-/m1/s1. The number of likely N-dealkylation sites (tertiary alicyclic amines) is 1. The van der Waals surface area contributed by atoms with E-state index in [1.807, 2.05) is 18.2 Å². The van der Waals surface area contributed by atoms with Crippen molar-refractivity contribution < 1.29 is 4.79 Å². The highest BCUT2D eigenvalue weighted by Gasteiger charge is 2.27. The molecule has 1 fully saturated rings. The van der Waals surface area contributed by atoms with Crippen molar-refractivity contribution in [2.24, 2.45) is 5.92 Å². The summed E-state index contributed by atoms with van der Waals surface area (Å²) in [5, 5.41) is 4.53. The summed E-state index contributed by atoms with van der Waals surface area (Å²) in [6, 6.07) is 12.8. The minimum atomic E-state index is 0.0942. The molecule has 5 heteroatoms. The number of halogens is 2.